The molecule has 6 heteroatoms. The molecule has 1 N–H and O–H groups in total. The molecule has 3 aromatic rings. The number of methoxy groups -OCH3 is 2. The molecule has 1 atom stereocenters. The molecule has 4 rings (SSSR count). The summed E-state index contributed by atoms with van der Waals surface area (Å²) in [5.41, 5.74) is 4.22. The van der Waals surface area contributed by atoms with Gasteiger partial charge in [0.05, 0.1) is 19.9 Å². The summed E-state index contributed by atoms with van der Waals surface area (Å²) in [4.78, 5) is 11.7. The van der Waals surface area contributed by atoms with Crippen LogP contribution in [0.1, 0.15) is 18.2 Å². The van der Waals surface area contributed by atoms with E-state index in [-0.39, 0.29) is 0 Å². The molecule has 1 aromatic heterocycles. The molecule has 0 radical (unpaired) electrons. The van der Waals surface area contributed by atoms with Gasteiger partial charge in [-0.05, 0) is 44.0 Å². The molecular formula is C22H24N4O2. The normalized spacial score (nSPS) is 15.3. The quantitative estimate of drug-likeness (QED) is 0.701. The highest BCUT2D eigenvalue weighted by atomic mass is 16.5. The zero-order valence-electron chi connectivity index (χ0n) is 16.6. The number of nitrogens with zero attached hydrogens (tertiary/aromatic N) is 3. The second kappa shape index (κ2) is 7.38. The number of anilines is 4. The maximum Gasteiger partial charge on any atom is 0.232 e. The number of hydrogen-bond acceptors (Lipinski definition) is 6. The molecule has 0 saturated heterocycles. The van der Waals surface area contributed by atoms with Crippen molar-refractivity contribution in [3.8, 4) is 11.5 Å². The third-order valence-corrected chi connectivity index (χ3v) is 4.94. The van der Waals surface area contributed by atoms with E-state index < -0.39 is 0 Å². The van der Waals surface area contributed by atoms with Crippen molar-refractivity contribution >= 4 is 23.1 Å². The summed E-state index contributed by atoms with van der Waals surface area (Å²) >= 11 is 0. The van der Waals surface area contributed by atoms with Crippen LogP contribution < -0.4 is 19.7 Å². The standard InChI is InChI=1S/C22H24N4O2/c1-14-11-21(24-18-10-9-17(27-3)13-20(18)28-4)25-22(23-14)26-15(2)12-16-7-5-6-8-19(16)26/h5-11,13,15H,12H2,1-4H3,(H,23,24,25). The first-order valence-corrected chi connectivity index (χ1v) is 9.31. The van der Waals surface area contributed by atoms with Crippen molar-refractivity contribution in [3.63, 3.8) is 0 Å². The van der Waals surface area contributed by atoms with Gasteiger partial charge in [-0.15, -0.1) is 0 Å². The van der Waals surface area contributed by atoms with Gasteiger partial charge < -0.3 is 19.7 Å². The number of fused-ring (bicyclic) bond motifs is 1. The first kappa shape index (κ1) is 18.1. The zero-order valence-corrected chi connectivity index (χ0v) is 16.6. The molecule has 0 spiro atoms. The van der Waals surface area contributed by atoms with Gasteiger partial charge in [-0.1, -0.05) is 18.2 Å². The summed E-state index contributed by atoms with van der Waals surface area (Å²) in [5, 5.41) is 3.36. The van der Waals surface area contributed by atoms with Crippen molar-refractivity contribution in [3.05, 3.63) is 59.8 Å². The Morgan fingerprint density at radius 1 is 1.04 bits per heavy atom. The average Bonchev–Trinajstić information content (AvgIpc) is 3.03. The molecule has 0 saturated carbocycles. The zero-order chi connectivity index (χ0) is 19.7. The molecule has 1 aliphatic rings. The lowest BCUT2D eigenvalue weighted by atomic mass is 10.1. The second-order valence-corrected chi connectivity index (χ2v) is 6.94. The molecule has 0 fully saturated rings. The molecule has 2 aromatic carbocycles. The van der Waals surface area contributed by atoms with Crippen LogP contribution in [0.5, 0.6) is 11.5 Å². The first-order chi connectivity index (χ1) is 13.6. The maximum atomic E-state index is 5.49. The Kier molecular flexibility index (Phi) is 4.77. The van der Waals surface area contributed by atoms with Gasteiger partial charge in [0.1, 0.15) is 17.3 Å². The smallest absolute Gasteiger partial charge is 0.232 e. The van der Waals surface area contributed by atoms with E-state index >= 15 is 0 Å². The van der Waals surface area contributed by atoms with Crippen LogP contribution >= 0.6 is 0 Å². The summed E-state index contributed by atoms with van der Waals surface area (Å²) < 4.78 is 10.8. The first-order valence-electron chi connectivity index (χ1n) is 9.31. The number of nitrogens with one attached hydrogen (secondary N) is 1. The number of ether oxygens (including phenoxy) is 2. The van der Waals surface area contributed by atoms with Gasteiger partial charge in [0, 0.05) is 29.6 Å². The van der Waals surface area contributed by atoms with Crippen molar-refractivity contribution in [1.29, 1.82) is 0 Å². The van der Waals surface area contributed by atoms with Crippen molar-refractivity contribution in [2.75, 3.05) is 24.4 Å². The van der Waals surface area contributed by atoms with Gasteiger partial charge in [-0.3, -0.25) is 0 Å². The van der Waals surface area contributed by atoms with Gasteiger partial charge in [-0.2, -0.15) is 4.98 Å². The Morgan fingerprint density at radius 3 is 2.64 bits per heavy atom. The highest BCUT2D eigenvalue weighted by Crippen LogP contribution is 2.37. The molecule has 2 heterocycles. The third kappa shape index (κ3) is 3.33. The predicted octanol–water partition coefficient (Wildman–Crippen LogP) is 4.63. The van der Waals surface area contributed by atoms with E-state index in [0.717, 1.165) is 29.4 Å². The van der Waals surface area contributed by atoms with Crippen molar-refractivity contribution < 1.29 is 9.47 Å². The van der Waals surface area contributed by atoms with E-state index in [0.29, 0.717) is 17.7 Å². The van der Waals surface area contributed by atoms with E-state index in [1.807, 2.05) is 31.2 Å². The van der Waals surface area contributed by atoms with Crippen LogP contribution in [0.15, 0.2) is 48.5 Å². The Labute approximate surface area is 165 Å². The average molecular weight is 376 g/mol. The molecular weight excluding hydrogens is 352 g/mol. The van der Waals surface area contributed by atoms with Crippen molar-refractivity contribution in [2.45, 2.75) is 26.3 Å². The number of benzene rings is 2. The van der Waals surface area contributed by atoms with Crippen LogP contribution in [0.4, 0.5) is 23.1 Å². The molecule has 0 amide bonds. The number of hydrogen-bond donors (Lipinski definition) is 1. The molecule has 6 nitrogen and oxygen atoms in total. The summed E-state index contributed by atoms with van der Waals surface area (Å²) in [6, 6.07) is 16.3. The number of rotatable bonds is 5. The van der Waals surface area contributed by atoms with Crippen LogP contribution in [0.2, 0.25) is 0 Å². The van der Waals surface area contributed by atoms with Gasteiger partial charge in [0.15, 0.2) is 0 Å². The fraction of sp³-hybridized carbons (Fsp3) is 0.273. The Morgan fingerprint density at radius 2 is 1.86 bits per heavy atom. The molecule has 28 heavy (non-hydrogen) atoms. The van der Waals surface area contributed by atoms with Gasteiger partial charge in [0.25, 0.3) is 0 Å². The van der Waals surface area contributed by atoms with Gasteiger partial charge in [0.2, 0.25) is 5.95 Å². The molecule has 1 aliphatic heterocycles. The monoisotopic (exact) mass is 376 g/mol. The number of aryl methyl sites for hydroxylation is 1. The van der Waals surface area contributed by atoms with E-state index in [2.05, 4.69) is 41.4 Å². The molecule has 144 valence electrons. The molecule has 0 aliphatic carbocycles. The van der Waals surface area contributed by atoms with Crippen LogP contribution in [-0.2, 0) is 6.42 Å². The Hall–Kier alpha value is -3.28. The maximum absolute atomic E-state index is 5.49. The lowest BCUT2D eigenvalue weighted by Crippen LogP contribution is -2.26. The SMILES string of the molecule is COc1ccc(Nc2cc(C)nc(N3c4ccccc4CC3C)n2)c(OC)c1. The van der Waals surface area contributed by atoms with Crippen LogP contribution in [-0.4, -0.2) is 30.2 Å². The summed E-state index contributed by atoms with van der Waals surface area (Å²) in [6.07, 6.45) is 0.989. The van der Waals surface area contributed by atoms with Crippen LogP contribution in [0.25, 0.3) is 0 Å². The van der Waals surface area contributed by atoms with E-state index in [1.54, 1.807) is 14.2 Å². The van der Waals surface area contributed by atoms with E-state index in [1.165, 1.54) is 11.3 Å². The van der Waals surface area contributed by atoms with Crippen molar-refractivity contribution in [2.24, 2.45) is 0 Å². The number of aromatic nitrogens is 2. The minimum Gasteiger partial charge on any atom is -0.497 e. The van der Waals surface area contributed by atoms with Crippen LogP contribution in [0, 0.1) is 6.92 Å². The van der Waals surface area contributed by atoms with E-state index in [4.69, 9.17) is 19.4 Å². The lowest BCUT2D eigenvalue weighted by molar-refractivity contribution is 0.395. The number of para-hydroxylation sites is 1. The van der Waals surface area contributed by atoms with Gasteiger partial charge in [-0.25, -0.2) is 4.98 Å². The van der Waals surface area contributed by atoms with Crippen LogP contribution in [0.3, 0.4) is 0 Å². The summed E-state index contributed by atoms with van der Waals surface area (Å²) in [6.45, 7) is 4.18. The fourth-order valence-electron chi connectivity index (χ4n) is 3.63. The second-order valence-electron chi connectivity index (χ2n) is 6.94. The summed E-state index contributed by atoms with van der Waals surface area (Å²) in [5.74, 6) is 2.86. The lowest BCUT2D eigenvalue weighted by Gasteiger charge is -2.23. The third-order valence-electron chi connectivity index (χ3n) is 4.94. The predicted molar refractivity (Wildman–Crippen MR) is 111 cm³/mol. The topological polar surface area (TPSA) is 59.5 Å². The highest BCUT2D eigenvalue weighted by Gasteiger charge is 2.29. The minimum absolute atomic E-state index is 0.308. The molecule has 1 unspecified atom stereocenters. The van der Waals surface area contributed by atoms with Crippen molar-refractivity contribution in [1.82, 2.24) is 9.97 Å². The summed E-state index contributed by atoms with van der Waals surface area (Å²) in [7, 11) is 3.27. The molecule has 0 bridgehead atoms. The Bertz CT molecular complexity index is 1010. The van der Waals surface area contributed by atoms with Gasteiger partial charge >= 0.3 is 0 Å². The Balaban J connectivity index is 1.69. The minimum atomic E-state index is 0.308. The highest BCUT2D eigenvalue weighted by molar-refractivity contribution is 5.70. The fourth-order valence-corrected chi connectivity index (χ4v) is 3.63. The largest absolute Gasteiger partial charge is 0.497 e. The van der Waals surface area contributed by atoms with E-state index in [9.17, 15) is 0 Å².